The number of hydrogen-bond acceptors (Lipinski definition) is 10. The van der Waals surface area contributed by atoms with Crippen LogP contribution in [0.25, 0.3) is 0 Å². The minimum absolute atomic E-state index is 0.114. The SMILES string of the molecule is COc1ccc(OS(C)(=O)=O)c(Cc2ccc(N3CC(O)NS3(O)O)c(O)c2)c1. The number of β-amino-alcohol motifs (C(OH)–C–C–N with tert-alkyl or cyclic N) is 1. The van der Waals surface area contributed by atoms with Crippen LogP contribution in [0.4, 0.5) is 5.69 Å². The number of aromatic hydroxyl groups is 1. The van der Waals surface area contributed by atoms with Crippen LogP contribution < -0.4 is 17.9 Å². The number of nitrogens with one attached hydrogen (secondary N) is 1. The van der Waals surface area contributed by atoms with Crippen LogP contribution in [0, 0.1) is 0 Å². The third kappa shape index (κ3) is 5.04. The molecule has 2 aromatic carbocycles. The Balaban J connectivity index is 1.91. The molecule has 1 saturated heterocycles. The molecular weight excluding hydrogens is 424 g/mol. The first-order chi connectivity index (χ1) is 13.5. The van der Waals surface area contributed by atoms with E-state index in [9.17, 15) is 27.7 Å². The number of phenols is 1. The van der Waals surface area contributed by atoms with Crippen molar-refractivity contribution in [3.63, 3.8) is 0 Å². The van der Waals surface area contributed by atoms with E-state index in [2.05, 4.69) is 4.72 Å². The highest BCUT2D eigenvalue weighted by Crippen LogP contribution is 2.49. The minimum atomic E-state index is -3.74. The van der Waals surface area contributed by atoms with Crippen LogP contribution >= 0.6 is 11.0 Å². The Morgan fingerprint density at radius 1 is 1.24 bits per heavy atom. The zero-order chi connectivity index (χ0) is 21.4. The third-order valence-electron chi connectivity index (χ3n) is 4.15. The molecule has 0 bridgehead atoms. The molecule has 1 unspecified atom stereocenters. The van der Waals surface area contributed by atoms with Gasteiger partial charge in [-0.05, 0) is 35.9 Å². The first-order valence-corrected chi connectivity index (χ1v) is 11.7. The first-order valence-electron chi connectivity index (χ1n) is 8.38. The van der Waals surface area contributed by atoms with E-state index in [1.165, 1.54) is 25.3 Å². The van der Waals surface area contributed by atoms with Crippen LogP contribution in [-0.2, 0) is 16.5 Å². The second-order valence-electron chi connectivity index (χ2n) is 6.47. The van der Waals surface area contributed by atoms with E-state index in [0.717, 1.165) is 10.6 Å². The highest BCUT2D eigenvalue weighted by Gasteiger charge is 2.36. The van der Waals surface area contributed by atoms with Crippen molar-refractivity contribution in [1.82, 2.24) is 4.72 Å². The van der Waals surface area contributed by atoms with Gasteiger partial charge in [0, 0.05) is 12.0 Å². The molecule has 0 radical (unpaired) electrons. The van der Waals surface area contributed by atoms with Crippen molar-refractivity contribution in [3.05, 3.63) is 47.5 Å². The van der Waals surface area contributed by atoms with E-state index in [0.29, 0.717) is 16.9 Å². The third-order valence-corrected chi connectivity index (χ3v) is 6.18. The highest BCUT2D eigenvalue weighted by molar-refractivity contribution is 8.24. The molecule has 3 rings (SSSR count). The summed E-state index contributed by atoms with van der Waals surface area (Å²) in [5.74, 6) is 0.414. The largest absolute Gasteiger partial charge is 0.506 e. The molecule has 2 aromatic rings. The standard InChI is InChI=1S/C17H22N2O8S2/c1-26-13-4-6-16(27-28(2,22)23)12(9-13)7-11-3-5-14(15(20)8-11)19-10-17(21)18-29(19,24)25/h3-6,8-9,17-18,20-21,24-25H,7,10H2,1-2H3. The normalized spacial score (nSPS) is 19.8. The Labute approximate surface area is 170 Å². The Hall–Kier alpha value is -2.22. The van der Waals surface area contributed by atoms with Crippen molar-refractivity contribution in [3.8, 4) is 17.2 Å². The fourth-order valence-electron chi connectivity index (χ4n) is 2.95. The quantitative estimate of drug-likeness (QED) is 0.415. The fourth-order valence-corrected chi connectivity index (χ4v) is 4.79. The van der Waals surface area contributed by atoms with Crippen molar-refractivity contribution in [2.75, 3.05) is 24.2 Å². The van der Waals surface area contributed by atoms with Gasteiger partial charge in [0.2, 0.25) is 0 Å². The van der Waals surface area contributed by atoms with Crippen LogP contribution in [0.2, 0.25) is 0 Å². The molecule has 1 aliphatic heterocycles. The zero-order valence-corrected chi connectivity index (χ0v) is 17.3. The van der Waals surface area contributed by atoms with Gasteiger partial charge in [-0.3, -0.25) is 13.4 Å². The molecular formula is C17H22N2O8S2. The number of methoxy groups -OCH3 is 1. The predicted octanol–water partition coefficient (Wildman–Crippen LogP) is 1.64. The van der Waals surface area contributed by atoms with Crippen LogP contribution in [-0.4, -0.2) is 53.9 Å². The molecule has 0 saturated carbocycles. The molecule has 1 heterocycles. The molecule has 160 valence electrons. The van der Waals surface area contributed by atoms with Gasteiger partial charge in [0.15, 0.2) is 0 Å². The number of nitrogens with zero attached hydrogens (tertiary/aromatic N) is 1. The maximum absolute atomic E-state index is 11.5. The maximum Gasteiger partial charge on any atom is 0.306 e. The van der Waals surface area contributed by atoms with Crippen molar-refractivity contribution in [2.45, 2.75) is 12.6 Å². The molecule has 5 N–H and O–H groups in total. The molecule has 29 heavy (non-hydrogen) atoms. The van der Waals surface area contributed by atoms with Gasteiger partial charge in [-0.25, -0.2) is 0 Å². The Morgan fingerprint density at radius 3 is 2.52 bits per heavy atom. The number of anilines is 1. The maximum atomic E-state index is 11.5. The van der Waals surface area contributed by atoms with Crippen LogP contribution in [0.5, 0.6) is 17.2 Å². The average Bonchev–Trinajstić information content (AvgIpc) is 2.87. The molecule has 1 atom stereocenters. The summed E-state index contributed by atoms with van der Waals surface area (Å²) in [5, 5.41) is 20.0. The lowest BCUT2D eigenvalue weighted by Gasteiger charge is -2.36. The summed E-state index contributed by atoms with van der Waals surface area (Å²) >= 11 is 0. The van der Waals surface area contributed by atoms with Gasteiger partial charge >= 0.3 is 10.1 Å². The van der Waals surface area contributed by atoms with Crippen molar-refractivity contribution >= 4 is 26.8 Å². The molecule has 1 aliphatic rings. The molecule has 10 nitrogen and oxygen atoms in total. The Kier molecular flexibility index (Phi) is 5.85. The Bertz CT molecular complexity index is 1010. The van der Waals surface area contributed by atoms with Gasteiger partial charge in [-0.2, -0.15) is 13.1 Å². The number of hydrogen-bond donors (Lipinski definition) is 5. The summed E-state index contributed by atoms with van der Waals surface area (Å²) < 4.78 is 56.6. The average molecular weight is 447 g/mol. The van der Waals surface area contributed by atoms with E-state index >= 15 is 0 Å². The highest BCUT2D eigenvalue weighted by atomic mass is 32.3. The molecule has 1 fully saturated rings. The summed E-state index contributed by atoms with van der Waals surface area (Å²) in [5.41, 5.74) is 1.27. The van der Waals surface area contributed by atoms with E-state index in [-0.39, 0.29) is 30.2 Å². The number of phenolic OH excluding ortho intramolecular Hbond substituents is 1. The summed E-state index contributed by atoms with van der Waals surface area (Å²) in [4.78, 5) is 0. The van der Waals surface area contributed by atoms with E-state index in [1.54, 1.807) is 18.2 Å². The molecule has 0 amide bonds. The number of rotatable bonds is 6. The van der Waals surface area contributed by atoms with Crippen molar-refractivity contribution in [2.24, 2.45) is 0 Å². The lowest BCUT2D eigenvalue weighted by Crippen LogP contribution is -2.25. The smallest absolute Gasteiger partial charge is 0.306 e. The van der Waals surface area contributed by atoms with Gasteiger partial charge in [-0.1, -0.05) is 17.0 Å². The predicted molar refractivity (Wildman–Crippen MR) is 109 cm³/mol. The van der Waals surface area contributed by atoms with Crippen LogP contribution in [0.3, 0.4) is 0 Å². The molecule has 12 heteroatoms. The van der Waals surface area contributed by atoms with Crippen molar-refractivity contribution in [1.29, 1.82) is 0 Å². The lowest BCUT2D eigenvalue weighted by atomic mass is 10.0. The van der Waals surface area contributed by atoms with Crippen molar-refractivity contribution < 1.29 is 36.7 Å². The number of aliphatic hydroxyl groups is 1. The summed E-state index contributed by atoms with van der Waals surface area (Å²) in [6.07, 6.45) is 0.0116. The summed E-state index contributed by atoms with van der Waals surface area (Å²) in [6, 6.07) is 9.22. The van der Waals surface area contributed by atoms with Crippen LogP contribution in [0.15, 0.2) is 36.4 Å². The Morgan fingerprint density at radius 2 is 1.97 bits per heavy atom. The van der Waals surface area contributed by atoms with E-state index < -0.39 is 27.3 Å². The van der Waals surface area contributed by atoms with Gasteiger partial charge in [0.25, 0.3) is 0 Å². The number of aliphatic hydroxyl groups excluding tert-OH is 1. The minimum Gasteiger partial charge on any atom is -0.506 e. The first kappa shape index (κ1) is 21.5. The fraction of sp³-hybridized carbons (Fsp3) is 0.294. The number of benzene rings is 2. The van der Waals surface area contributed by atoms with Crippen LogP contribution in [0.1, 0.15) is 11.1 Å². The van der Waals surface area contributed by atoms with Gasteiger partial charge in [0.1, 0.15) is 29.2 Å². The van der Waals surface area contributed by atoms with Gasteiger partial charge in [-0.15, -0.1) is 0 Å². The topological polar surface area (TPSA) is 149 Å². The zero-order valence-electron chi connectivity index (χ0n) is 15.6. The van der Waals surface area contributed by atoms with Gasteiger partial charge < -0.3 is 19.1 Å². The second-order valence-corrected chi connectivity index (χ2v) is 9.76. The number of ether oxygens (including phenoxy) is 1. The summed E-state index contributed by atoms with van der Waals surface area (Å²) in [7, 11) is -5.71. The molecule has 0 aliphatic carbocycles. The van der Waals surface area contributed by atoms with Gasteiger partial charge in [0.05, 0.1) is 19.9 Å². The molecule has 0 spiro atoms. The second kappa shape index (κ2) is 7.89. The lowest BCUT2D eigenvalue weighted by molar-refractivity contribution is 0.182. The van der Waals surface area contributed by atoms with E-state index in [4.69, 9.17) is 8.92 Å². The summed E-state index contributed by atoms with van der Waals surface area (Å²) in [6.45, 7) is -0.114. The molecule has 0 aromatic heterocycles. The van der Waals surface area contributed by atoms with E-state index in [1.807, 2.05) is 0 Å². The monoisotopic (exact) mass is 446 g/mol.